The van der Waals surface area contributed by atoms with E-state index in [9.17, 15) is 0 Å². The standard InChI is InChI=1S/C62H41N6OS2.Pt/c1-40-35-61(68-47-20-4-3-19-44(47)45-34-33-43(37-56(45)68)69-42-18-15-17-41(36-42)65-39-64(2)48-21-5-6-22-49(48)65)63-38-46(40)62-54(66-50-23-7-11-29-57(50)70-58-30-12-8-24-51(58)66)27-16-28-55(62)67-52-25-9-13-31-59(52)71-60-32-14-10-26-53(60)67;/h3-35,38-39H,1-2H3;/q-3;. The quantitative estimate of drug-likeness (QED) is 0.146. The van der Waals surface area contributed by atoms with Crippen LogP contribution in [0.5, 0.6) is 11.5 Å². The van der Waals surface area contributed by atoms with Crippen molar-refractivity contribution >= 4 is 96.5 Å². The number of benzene rings is 9. The summed E-state index contributed by atoms with van der Waals surface area (Å²) in [6.07, 6.45) is 2.08. The molecule has 0 amide bonds. The minimum absolute atomic E-state index is 0. The molecule has 9 aromatic carbocycles. The molecule has 0 unspecified atom stereocenters. The molecule has 0 fully saturated rings. The first-order valence-corrected chi connectivity index (χ1v) is 25.2. The van der Waals surface area contributed by atoms with Crippen LogP contribution in [0.4, 0.5) is 51.2 Å². The minimum Gasteiger partial charge on any atom is -0.509 e. The molecule has 0 saturated heterocycles. The van der Waals surface area contributed by atoms with Gasteiger partial charge in [0, 0.05) is 86.4 Å². The van der Waals surface area contributed by atoms with Crippen molar-refractivity contribution in [1.82, 2.24) is 9.55 Å². The van der Waals surface area contributed by atoms with Crippen molar-refractivity contribution in [3.8, 4) is 28.4 Å². The molecule has 0 saturated carbocycles. The maximum absolute atomic E-state index is 6.62. The maximum atomic E-state index is 6.62. The monoisotopic (exact) mass is 1140 g/mol. The number of aromatic nitrogens is 2. The van der Waals surface area contributed by atoms with Gasteiger partial charge in [-0.2, -0.15) is 18.8 Å². The molecular formula is C62H41N6OPtS2-3. The van der Waals surface area contributed by atoms with E-state index in [4.69, 9.17) is 9.72 Å². The Hall–Kier alpha value is -7.68. The normalized spacial score (nSPS) is 13.3. The first-order chi connectivity index (χ1) is 35.0. The number of pyridine rings is 1. The largest absolute Gasteiger partial charge is 0.509 e. The van der Waals surface area contributed by atoms with Crippen molar-refractivity contribution in [2.45, 2.75) is 26.5 Å². The van der Waals surface area contributed by atoms with Gasteiger partial charge in [0.1, 0.15) is 5.82 Å². The van der Waals surface area contributed by atoms with Gasteiger partial charge in [-0.1, -0.05) is 114 Å². The van der Waals surface area contributed by atoms with Crippen LogP contribution in [-0.2, 0) is 21.1 Å². The number of aryl methyl sites for hydroxylation is 1. The van der Waals surface area contributed by atoms with Crippen LogP contribution in [0.3, 0.4) is 0 Å². The Balaban J connectivity index is 0.00000504. The zero-order valence-electron chi connectivity index (χ0n) is 38.9. The third-order valence-electron chi connectivity index (χ3n) is 13.6. The summed E-state index contributed by atoms with van der Waals surface area (Å²) >= 11 is 3.64. The molecular weight excluding hydrogens is 1100 g/mol. The number of hydrogen-bond acceptors (Lipinski definition) is 8. The number of ether oxygens (including phenoxy) is 1. The third-order valence-corrected chi connectivity index (χ3v) is 15.8. The van der Waals surface area contributed by atoms with Crippen LogP contribution in [0.25, 0.3) is 38.8 Å². The second kappa shape index (κ2) is 17.9. The summed E-state index contributed by atoms with van der Waals surface area (Å²) in [5.41, 5.74) is 14.9. The third kappa shape index (κ3) is 7.21. The van der Waals surface area contributed by atoms with Crippen LogP contribution in [-0.4, -0.2) is 16.6 Å². The fourth-order valence-electron chi connectivity index (χ4n) is 10.4. The zero-order chi connectivity index (χ0) is 47.2. The van der Waals surface area contributed by atoms with Gasteiger partial charge in [0.2, 0.25) is 0 Å². The van der Waals surface area contributed by atoms with Gasteiger partial charge in [-0.05, 0) is 110 Å². The van der Waals surface area contributed by atoms with Gasteiger partial charge < -0.3 is 28.9 Å². The van der Waals surface area contributed by atoms with Crippen LogP contribution >= 0.6 is 23.5 Å². The number of anilines is 9. The Morgan fingerprint density at radius 1 is 0.500 bits per heavy atom. The molecule has 14 rings (SSSR count). The summed E-state index contributed by atoms with van der Waals surface area (Å²) in [6.45, 7) is 4.29. The average Bonchev–Trinajstić information content (AvgIpc) is 3.93. The number of fused-ring (bicyclic) bond motifs is 8. The Morgan fingerprint density at radius 3 is 1.62 bits per heavy atom. The van der Waals surface area contributed by atoms with Gasteiger partial charge in [0.05, 0.1) is 34.1 Å². The molecule has 7 nitrogen and oxygen atoms in total. The molecule has 5 heterocycles. The van der Waals surface area contributed by atoms with Gasteiger partial charge >= 0.3 is 0 Å². The van der Waals surface area contributed by atoms with E-state index in [-0.39, 0.29) is 21.1 Å². The predicted molar refractivity (Wildman–Crippen MR) is 292 cm³/mol. The summed E-state index contributed by atoms with van der Waals surface area (Å²) in [7, 11) is 2.06. The molecule has 0 radical (unpaired) electrons. The van der Waals surface area contributed by atoms with Crippen molar-refractivity contribution in [1.29, 1.82) is 0 Å². The van der Waals surface area contributed by atoms with Crippen molar-refractivity contribution in [3.05, 3.63) is 231 Å². The SMILES string of the molecule is Cc1cc(-n2c3[c-]c(Oc4[c-]c(N5[CH-]N(C)c6ccccc65)ccc4)ccc3c3ccccc32)ncc1-c1c(N2c3ccccc3Sc3ccccc32)cccc1N1c2ccccc2Sc2ccccc21.[Pt]. The molecule has 0 N–H and O–H groups in total. The van der Waals surface area contributed by atoms with Gasteiger partial charge in [-0.25, -0.2) is 4.98 Å². The molecule has 0 bridgehead atoms. The molecule has 10 heteroatoms. The van der Waals surface area contributed by atoms with E-state index in [0.29, 0.717) is 11.5 Å². The predicted octanol–water partition coefficient (Wildman–Crippen LogP) is 17.1. The van der Waals surface area contributed by atoms with Crippen molar-refractivity contribution in [2.24, 2.45) is 0 Å². The van der Waals surface area contributed by atoms with Crippen LogP contribution in [0.1, 0.15) is 5.56 Å². The first kappa shape index (κ1) is 44.3. The van der Waals surface area contributed by atoms with Crippen LogP contribution in [0.15, 0.2) is 226 Å². The summed E-state index contributed by atoms with van der Waals surface area (Å²) in [5, 5.41) is 2.18. The van der Waals surface area contributed by atoms with Crippen LogP contribution < -0.4 is 24.3 Å². The fraction of sp³-hybridized carbons (Fsp3) is 0.0323. The molecule has 0 aliphatic carbocycles. The fourth-order valence-corrected chi connectivity index (χ4v) is 12.5. The van der Waals surface area contributed by atoms with E-state index in [1.54, 1.807) is 0 Å². The van der Waals surface area contributed by atoms with E-state index in [1.807, 2.05) is 41.7 Å². The summed E-state index contributed by atoms with van der Waals surface area (Å²) in [6, 6.07) is 78.1. The van der Waals surface area contributed by atoms with Gasteiger partial charge in [-0.15, -0.1) is 41.4 Å². The molecule has 0 spiro atoms. The number of para-hydroxylation sites is 7. The maximum Gasteiger partial charge on any atom is 0.135 e. The summed E-state index contributed by atoms with van der Waals surface area (Å²) in [5.74, 6) is 1.98. The van der Waals surface area contributed by atoms with Gasteiger partial charge in [0.25, 0.3) is 0 Å². The molecule has 350 valence electrons. The second-order valence-corrected chi connectivity index (χ2v) is 20.0. The van der Waals surface area contributed by atoms with E-state index in [2.05, 4.69) is 245 Å². The molecule has 0 atom stereocenters. The molecule has 2 aromatic heterocycles. The van der Waals surface area contributed by atoms with Gasteiger partial charge in [0.15, 0.2) is 0 Å². The molecule has 3 aliphatic heterocycles. The molecule has 11 aromatic rings. The Labute approximate surface area is 441 Å². The van der Waals surface area contributed by atoms with Crippen LogP contribution in [0.2, 0.25) is 0 Å². The van der Waals surface area contributed by atoms with E-state index in [1.165, 1.54) is 19.6 Å². The topological polar surface area (TPSA) is 40.0 Å². The van der Waals surface area contributed by atoms with Crippen molar-refractivity contribution in [3.63, 3.8) is 0 Å². The van der Waals surface area contributed by atoms with Crippen LogP contribution in [0, 0.1) is 25.7 Å². The van der Waals surface area contributed by atoms with Crippen molar-refractivity contribution < 1.29 is 25.8 Å². The zero-order valence-corrected chi connectivity index (χ0v) is 42.8. The number of nitrogens with zero attached hydrogens (tertiary/aromatic N) is 6. The van der Waals surface area contributed by atoms with E-state index in [0.717, 1.165) is 95.5 Å². The molecule has 3 aliphatic rings. The number of hydrogen-bond donors (Lipinski definition) is 0. The average molecular weight is 1150 g/mol. The Kier molecular flexibility index (Phi) is 11.0. The molecule has 72 heavy (non-hydrogen) atoms. The summed E-state index contributed by atoms with van der Waals surface area (Å²) < 4.78 is 8.84. The van der Waals surface area contributed by atoms with Crippen molar-refractivity contribution in [2.75, 3.05) is 26.6 Å². The first-order valence-electron chi connectivity index (χ1n) is 23.6. The van der Waals surface area contributed by atoms with E-state index < -0.39 is 0 Å². The van der Waals surface area contributed by atoms with Gasteiger partial charge in [-0.3, -0.25) is 0 Å². The second-order valence-electron chi connectivity index (χ2n) is 17.8. The smallest absolute Gasteiger partial charge is 0.135 e. The summed E-state index contributed by atoms with van der Waals surface area (Å²) in [4.78, 5) is 19.4. The number of rotatable bonds is 7. The Bertz CT molecular complexity index is 3740. The Morgan fingerprint density at radius 2 is 1.01 bits per heavy atom. The van der Waals surface area contributed by atoms with E-state index >= 15 is 0 Å². The minimum atomic E-state index is 0.